The van der Waals surface area contributed by atoms with Crippen molar-refractivity contribution in [3.05, 3.63) is 95.1 Å². The van der Waals surface area contributed by atoms with E-state index in [9.17, 15) is 9.59 Å². The predicted octanol–water partition coefficient (Wildman–Crippen LogP) is 4.28. The molecule has 5 heteroatoms. The van der Waals surface area contributed by atoms with Crippen LogP contribution >= 0.6 is 0 Å². The Labute approximate surface area is 177 Å². The van der Waals surface area contributed by atoms with Gasteiger partial charge in [-0.15, -0.1) is 0 Å². The lowest BCUT2D eigenvalue weighted by Crippen LogP contribution is -2.34. The number of likely N-dealkylation sites (N-methyl/N-ethyl adjacent to an activating group) is 1. The number of carbonyl (C=O) groups is 2. The number of carbonyl (C=O) groups excluding carboxylic acids is 2. The molecular weight excluding hydrogens is 376 g/mol. The number of benzene rings is 3. The van der Waals surface area contributed by atoms with Gasteiger partial charge in [0.15, 0.2) is 6.61 Å². The number of ether oxygens (including phenoxy) is 1. The maximum Gasteiger partial charge on any atom is 0.264 e. The molecule has 0 aliphatic rings. The average molecular weight is 402 g/mol. The number of hydrogen-bond donors (Lipinski definition) is 1. The zero-order valence-electron chi connectivity index (χ0n) is 17.5. The number of rotatable bonds is 7. The lowest BCUT2D eigenvalue weighted by molar-refractivity contribution is -0.120. The highest BCUT2D eigenvalue weighted by molar-refractivity contribution is 6.04. The zero-order valence-corrected chi connectivity index (χ0v) is 17.5. The van der Waals surface area contributed by atoms with Crippen molar-refractivity contribution in [2.75, 3.05) is 18.6 Å². The summed E-state index contributed by atoms with van der Waals surface area (Å²) in [6, 6.07) is 22.6. The fourth-order valence-corrected chi connectivity index (χ4v) is 3.22. The summed E-state index contributed by atoms with van der Waals surface area (Å²) in [6.07, 6.45) is 0. The zero-order chi connectivity index (χ0) is 21.5. The van der Waals surface area contributed by atoms with Gasteiger partial charge in [0.1, 0.15) is 5.75 Å². The van der Waals surface area contributed by atoms with Crippen LogP contribution in [0.3, 0.4) is 0 Å². The SMILES string of the molecule is Cc1cccc(C)c1OCC(=O)N(C)c1ccccc1C(=O)NCc1ccccc1. The quantitative estimate of drug-likeness (QED) is 0.642. The third-order valence-corrected chi connectivity index (χ3v) is 4.93. The van der Waals surface area contributed by atoms with E-state index in [-0.39, 0.29) is 18.4 Å². The van der Waals surface area contributed by atoms with Gasteiger partial charge in [0, 0.05) is 13.6 Å². The van der Waals surface area contributed by atoms with Crippen molar-refractivity contribution in [2.24, 2.45) is 0 Å². The molecule has 1 N–H and O–H groups in total. The molecule has 30 heavy (non-hydrogen) atoms. The van der Waals surface area contributed by atoms with Crippen molar-refractivity contribution in [3.63, 3.8) is 0 Å². The maximum atomic E-state index is 12.8. The van der Waals surface area contributed by atoms with E-state index in [0.29, 0.717) is 23.5 Å². The lowest BCUT2D eigenvalue weighted by atomic mass is 10.1. The molecule has 2 amide bonds. The van der Waals surface area contributed by atoms with Gasteiger partial charge in [-0.3, -0.25) is 9.59 Å². The van der Waals surface area contributed by atoms with E-state index >= 15 is 0 Å². The molecule has 5 nitrogen and oxygen atoms in total. The highest BCUT2D eigenvalue weighted by atomic mass is 16.5. The van der Waals surface area contributed by atoms with Gasteiger partial charge >= 0.3 is 0 Å². The van der Waals surface area contributed by atoms with Crippen LogP contribution in [0.4, 0.5) is 5.69 Å². The Morgan fingerprint density at radius 1 is 0.867 bits per heavy atom. The lowest BCUT2D eigenvalue weighted by Gasteiger charge is -2.21. The molecule has 0 radical (unpaired) electrons. The van der Waals surface area contributed by atoms with Crippen LogP contribution in [0.2, 0.25) is 0 Å². The molecule has 3 aromatic rings. The van der Waals surface area contributed by atoms with Crippen LogP contribution in [0.15, 0.2) is 72.8 Å². The Balaban J connectivity index is 1.69. The molecular formula is C25H26N2O3. The van der Waals surface area contributed by atoms with Crippen LogP contribution in [0.5, 0.6) is 5.75 Å². The predicted molar refractivity (Wildman–Crippen MR) is 119 cm³/mol. The molecule has 0 atom stereocenters. The number of nitrogens with zero attached hydrogens (tertiary/aromatic N) is 1. The first-order valence-electron chi connectivity index (χ1n) is 9.84. The monoisotopic (exact) mass is 402 g/mol. The average Bonchev–Trinajstić information content (AvgIpc) is 2.77. The molecule has 0 saturated carbocycles. The van der Waals surface area contributed by atoms with Gasteiger partial charge in [0.2, 0.25) is 0 Å². The van der Waals surface area contributed by atoms with E-state index in [1.54, 1.807) is 31.3 Å². The Bertz CT molecular complexity index is 1010. The van der Waals surface area contributed by atoms with Crippen LogP contribution in [-0.4, -0.2) is 25.5 Å². The molecule has 0 unspecified atom stereocenters. The Kier molecular flexibility index (Phi) is 6.86. The first-order valence-corrected chi connectivity index (χ1v) is 9.84. The first-order chi connectivity index (χ1) is 14.5. The van der Waals surface area contributed by atoms with Crippen molar-refractivity contribution >= 4 is 17.5 Å². The second-order valence-corrected chi connectivity index (χ2v) is 7.15. The van der Waals surface area contributed by atoms with Crippen LogP contribution in [0.1, 0.15) is 27.0 Å². The van der Waals surface area contributed by atoms with Gasteiger partial charge in [-0.2, -0.15) is 0 Å². The Morgan fingerprint density at radius 3 is 2.20 bits per heavy atom. The van der Waals surface area contributed by atoms with Gasteiger partial charge < -0.3 is 15.0 Å². The van der Waals surface area contributed by atoms with Crippen LogP contribution in [0, 0.1) is 13.8 Å². The number of anilines is 1. The summed E-state index contributed by atoms with van der Waals surface area (Å²) in [5.41, 5.74) is 3.95. The van der Waals surface area contributed by atoms with E-state index in [4.69, 9.17) is 4.74 Å². The summed E-state index contributed by atoms with van der Waals surface area (Å²) in [4.78, 5) is 27.0. The smallest absolute Gasteiger partial charge is 0.264 e. The molecule has 0 spiro atoms. The third kappa shape index (κ3) is 5.06. The second kappa shape index (κ2) is 9.74. The van der Waals surface area contributed by atoms with Gasteiger partial charge in [0.05, 0.1) is 11.3 Å². The fraction of sp³-hybridized carbons (Fsp3) is 0.200. The maximum absolute atomic E-state index is 12.8. The van der Waals surface area contributed by atoms with E-state index in [1.165, 1.54) is 4.90 Å². The minimum absolute atomic E-state index is 0.109. The fourth-order valence-electron chi connectivity index (χ4n) is 3.22. The van der Waals surface area contributed by atoms with E-state index in [0.717, 1.165) is 16.7 Å². The molecule has 3 aromatic carbocycles. The van der Waals surface area contributed by atoms with Crippen molar-refractivity contribution in [2.45, 2.75) is 20.4 Å². The van der Waals surface area contributed by atoms with Crippen LogP contribution in [-0.2, 0) is 11.3 Å². The summed E-state index contributed by atoms with van der Waals surface area (Å²) in [5.74, 6) is 0.249. The van der Waals surface area contributed by atoms with Gasteiger partial charge in [0.25, 0.3) is 11.8 Å². The summed E-state index contributed by atoms with van der Waals surface area (Å²) < 4.78 is 5.79. The van der Waals surface area contributed by atoms with Crippen molar-refractivity contribution in [1.82, 2.24) is 5.32 Å². The number of hydrogen-bond acceptors (Lipinski definition) is 3. The molecule has 0 bridgehead atoms. The standard InChI is InChI=1S/C25H26N2O3/c1-18-10-9-11-19(2)24(18)30-17-23(28)27(3)22-15-8-7-14-21(22)25(29)26-16-20-12-5-4-6-13-20/h4-15H,16-17H2,1-3H3,(H,26,29). The summed E-state index contributed by atoms with van der Waals surface area (Å²) in [6.45, 7) is 4.20. The first kappa shape index (κ1) is 21.1. The van der Waals surface area contributed by atoms with Crippen LogP contribution in [0.25, 0.3) is 0 Å². The molecule has 0 aliphatic heterocycles. The largest absolute Gasteiger partial charge is 0.483 e. The van der Waals surface area contributed by atoms with Gasteiger partial charge in [-0.25, -0.2) is 0 Å². The van der Waals surface area contributed by atoms with Crippen molar-refractivity contribution in [3.8, 4) is 5.75 Å². The number of aryl methyl sites for hydroxylation is 2. The number of para-hydroxylation sites is 2. The molecule has 3 rings (SSSR count). The Hall–Kier alpha value is -3.60. The number of amides is 2. The van der Waals surface area contributed by atoms with E-state index in [1.807, 2.05) is 62.4 Å². The minimum Gasteiger partial charge on any atom is -0.483 e. The molecule has 0 saturated heterocycles. The summed E-state index contributed by atoms with van der Waals surface area (Å²) >= 11 is 0. The summed E-state index contributed by atoms with van der Waals surface area (Å²) in [5, 5.41) is 2.91. The minimum atomic E-state index is -0.235. The van der Waals surface area contributed by atoms with Crippen molar-refractivity contribution in [1.29, 1.82) is 0 Å². The Morgan fingerprint density at radius 2 is 1.50 bits per heavy atom. The normalized spacial score (nSPS) is 10.4. The van der Waals surface area contributed by atoms with Gasteiger partial charge in [-0.1, -0.05) is 60.7 Å². The summed E-state index contributed by atoms with van der Waals surface area (Å²) in [7, 11) is 1.65. The highest BCUT2D eigenvalue weighted by Gasteiger charge is 2.19. The van der Waals surface area contributed by atoms with E-state index in [2.05, 4.69) is 5.32 Å². The number of nitrogens with one attached hydrogen (secondary N) is 1. The molecule has 0 aromatic heterocycles. The van der Waals surface area contributed by atoms with Crippen molar-refractivity contribution < 1.29 is 14.3 Å². The highest BCUT2D eigenvalue weighted by Crippen LogP contribution is 2.23. The second-order valence-electron chi connectivity index (χ2n) is 7.15. The molecule has 0 fully saturated rings. The van der Waals surface area contributed by atoms with E-state index < -0.39 is 0 Å². The third-order valence-electron chi connectivity index (χ3n) is 4.93. The molecule has 0 heterocycles. The molecule has 0 aliphatic carbocycles. The topological polar surface area (TPSA) is 58.6 Å². The van der Waals surface area contributed by atoms with Gasteiger partial charge in [-0.05, 0) is 42.7 Å². The van der Waals surface area contributed by atoms with Crippen LogP contribution < -0.4 is 15.0 Å². The molecule has 154 valence electrons.